The molecule has 0 bridgehead atoms. The second-order valence-electron chi connectivity index (χ2n) is 6.25. The van der Waals surface area contributed by atoms with Crippen LogP contribution in [-0.2, 0) is 19.1 Å². The van der Waals surface area contributed by atoms with Gasteiger partial charge in [-0.1, -0.05) is 6.08 Å². The van der Waals surface area contributed by atoms with Gasteiger partial charge in [0.1, 0.15) is 5.78 Å². The van der Waals surface area contributed by atoms with Crippen LogP contribution >= 0.6 is 0 Å². The summed E-state index contributed by atoms with van der Waals surface area (Å²) in [5, 5.41) is 8.67. The number of hydrogen-bond acceptors (Lipinski definition) is 4. The van der Waals surface area contributed by atoms with Crippen molar-refractivity contribution in [2.45, 2.75) is 58.3 Å². The molecule has 2 aliphatic rings. The van der Waals surface area contributed by atoms with Crippen LogP contribution in [0.1, 0.15) is 58.3 Å². The van der Waals surface area contributed by atoms with Crippen molar-refractivity contribution < 1.29 is 24.2 Å². The summed E-state index contributed by atoms with van der Waals surface area (Å²) in [7, 11) is 0. The first-order valence-corrected chi connectivity index (χ1v) is 8.51. The molecular formula is C18H28O5. The minimum atomic E-state index is -0.632. The van der Waals surface area contributed by atoms with Gasteiger partial charge < -0.3 is 9.84 Å². The first-order chi connectivity index (χ1) is 11.0. The fraction of sp³-hybridized carbons (Fsp3) is 0.722. The summed E-state index contributed by atoms with van der Waals surface area (Å²) < 4.78 is 4.87. The van der Waals surface area contributed by atoms with Crippen LogP contribution in [0.2, 0.25) is 0 Å². The zero-order valence-electron chi connectivity index (χ0n) is 14.0. The summed E-state index contributed by atoms with van der Waals surface area (Å²) in [5.41, 5.74) is 0. The van der Waals surface area contributed by atoms with Gasteiger partial charge in [-0.05, 0) is 51.4 Å². The molecular weight excluding hydrogens is 296 g/mol. The average Bonchev–Trinajstić information content (AvgIpc) is 2.56. The molecule has 0 aromatic carbocycles. The molecule has 5 nitrogen and oxygen atoms in total. The van der Waals surface area contributed by atoms with Crippen LogP contribution in [0.3, 0.4) is 0 Å². The molecule has 1 N–H and O–H groups in total. The number of aliphatic carboxylic acids is 1. The van der Waals surface area contributed by atoms with Crippen molar-refractivity contribution >= 4 is 17.7 Å². The van der Waals surface area contributed by atoms with Crippen molar-refractivity contribution in [3.8, 4) is 0 Å². The fourth-order valence-electron chi connectivity index (χ4n) is 3.04. The normalized spacial score (nSPS) is 25.0. The van der Waals surface area contributed by atoms with Crippen LogP contribution in [0.25, 0.3) is 0 Å². The number of rotatable bonds is 4. The van der Waals surface area contributed by atoms with E-state index in [4.69, 9.17) is 9.84 Å². The van der Waals surface area contributed by atoms with Gasteiger partial charge in [-0.25, -0.2) is 0 Å². The third kappa shape index (κ3) is 6.97. The Morgan fingerprint density at radius 3 is 2.13 bits per heavy atom. The Balaban J connectivity index is 0.000000231. The second-order valence-corrected chi connectivity index (χ2v) is 6.25. The van der Waals surface area contributed by atoms with Gasteiger partial charge in [-0.15, -0.1) is 6.58 Å². The van der Waals surface area contributed by atoms with Gasteiger partial charge in [0.15, 0.2) is 0 Å². The lowest BCUT2D eigenvalue weighted by atomic mass is 9.82. The number of ketones is 1. The Kier molecular flexibility index (Phi) is 8.59. The van der Waals surface area contributed by atoms with E-state index < -0.39 is 5.97 Å². The summed E-state index contributed by atoms with van der Waals surface area (Å²) in [6.45, 7) is 5.94. The molecule has 0 saturated heterocycles. The third-order valence-corrected chi connectivity index (χ3v) is 4.62. The highest BCUT2D eigenvalue weighted by molar-refractivity contribution is 5.82. The summed E-state index contributed by atoms with van der Waals surface area (Å²) in [5.74, 6) is -0.0486. The van der Waals surface area contributed by atoms with Crippen molar-refractivity contribution in [1.29, 1.82) is 0 Å². The Morgan fingerprint density at radius 2 is 1.70 bits per heavy atom. The third-order valence-electron chi connectivity index (χ3n) is 4.62. The molecule has 0 aromatic heterocycles. The molecule has 0 aliphatic heterocycles. The van der Waals surface area contributed by atoms with E-state index in [1.54, 1.807) is 6.92 Å². The molecule has 2 rings (SSSR count). The molecule has 0 spiro atoms. The van der Waals surface area contributed by atoms with Crippen molar-refractivity contribution in [3.63, 3.8) is 0 Å². The molecule has 2 fully saturated rings. The molecule has 0 amide bonds. The maximum absolute atomic E-state index is 11.2. The van der Waals surface area contributed by atoms with Gasteiger partial charge in [-0.3, -0.25) is 14.4 Å². The zero-order chi connectivity index (χ0) is 17.2. The number of Topliss-reactive ketones (excluding diaryl/α,β-unsaturated/α-hetero) is 1. The van der Waals surface area contributed by atoms with Gasteiger partial charge in [-0.2, -0.15) is 0 Å². The van der Waals surface area contributed by atoms with E-state index in [1.165, 1.54) is 0 Å². The number of hydrogen-bond donors (Lipinski definition) is 1. The highest BCUT2D eigenvalue weighted by Gasteiger charge is 2.25. The standard InChI is InChI=1S/C9H14O3.C9H14O2/c1-2-12-9(11)7-3-5-8(10)6-4-7;1-2-7-3-5-8(6-4-7)9(10)11/h7H,2-6H2,1H3;2,7-8H,1,3-6H2,(H,10,11). The van der Waals surface area contributed by atoms with Gasteiger partial charge >= 0.3 is 11.9 Å². The van der Waals surface area contributed by atoms with E-state index in [-0.39, 0.29) is 23.6 Å². The lowest BCUT2D eigenvalue weighted by Crippen LogP contribution is -2.23. The minimum absolute atomic E-state index is 0.0253. The van der Waals surface area contributed by atoms with Crippen molar-refractivity contribution in [2.75, 3.05) is 6.61 Å². The van der Waals surface area contributed by atoms with Gasteiger partial charge in [0.25, 0.3) is 0 Å². The number of carbonyl (C=O) groups is 3. The Bertz CT molecular complexity index is 411. The molecule has 0 unspecified atom stereocenters. The zero-order valence-corrected chi connectivity index (χ0v) is 14.0. The molecule has 5 heteroatoms. The second kappa shape index (κ2) is 10.2. The molecule has 2 saturated carbocycles. The van der Waals surface area contributed by atoms with E-state index in [0.29, 0.717) is 38.2 Å². The number of allylic oxidation sites excluding steroid dienone is 1. The van der Waals surface area contributed by atoms with Gasteiger partial charge in [0.2, 0.25) is 0 Å². The summed E-state index contributed by atoms with van der Waals surface area (Å²) in [4.78, 5) is 32.5. The van der Waals surface area contributed by atoms with E-state index in [2.05, 4.69) is 6.58 Å². The summed E-state index contributed by atoms with van der Waals surface area (Å²) >= 11 is 0. The molecule has 0 heterocycles. The highest BCUT2D eigenvalue weighted by atomic mass is 16.5. The first-order valence-electron chi connectivity index (χ1n) is 8.51. The van der Waals surface area contributed by atoms with Gasteiger partial charge in [0.05, 0.1) is 18.4 Å². The highest BCUT2D eigenvalue weighted by Crippen LogP contribution is 2.29. The number of esters is 1. The minimum Gasteiger partial charge on any atom is -0.481 e. The largest absolute Gasteiger partial charge is 0.481 e. The van der Waals surface area contributed by atoms with Gasteiger partial charge in [0, 0.05) is 12.8 Å². The van der Waals surface area contributed by atoms with E-state index in [9.17, 15) is 14.4 Å². The quantitative estimate of drug-likeness (QED) is 0.633. The van der Waals surface area contributed by atoms with Crippen LogP contribution in [-0.4, -0.2) is 29.4 Å². The van der Waals surface area contributed by atoms with Crippen molar-refractivity contribution in [3.05, 3.63) is 12.7 Å². The summed E-state index contributed by atoms with van der Waals surface area (Å²) in [6.07, 6.45) is 8.04. The molecule has 0 radical (unpaired) electrons. The lowest BCUT2D eigenvalue weighted by molar-refractivity contribution is -0.149. The number of ether oxygens (including phenoxy) is 1. The maximum atomic E-state index is 11.2. The van der Waals surface area contributed by atoms with E-state index in [1.807, 2.05) is 6.08 Å². The number of carbonyl (C=O) groups excluding carboxylic acids is 2. The van der Waals surface area contributed by atoms with Crippen LogP contribution < -0.4 is 0 Å². The predicted octanol–water partition coefficient (Wildman–Crippen LogP) is 3.37. The lowest BCUT2D eigenvalue weighted by Gasteiger charge is -2.23. The Morgan fingerprint density at radius 1 is 1.13 bits per heavy atom. The van der Waals surface area contributed by atoms with E-state index >= 15 is 0 Å². The summed E-state index contributed by atoms with van der Waals surface area (Å²) in [6, 6.07) is 0. The monoisotopic (exact) mass is 324 g/mol. The SMILES string of the molecule is C=CC1CCC(C(=O)O)CC1.CCOC(=O)C1CCC(=O)CC1. The van der Waals surface area contributed by atoms with E-state index in [0.717, 1.165) is 25.7 Å². The smallest absolute Gasteiger partial charge is 0.308 e. The Hall–Kier alpha value is -1.65. The van der Waals surface area contributed by atoms with Crippen molar-refractivity contribution in [1.82, 2.24) is 0 Å². The maximum Gasteiger partial charge on any atom is 0.308 e. The first kappa shape index (κ1) is 19.4. The van der Waals surface area contributed by atoms with Crippen LogP contribution in [0.15, 0.2) is 12.7 Å². The number of carboxylic acids is 1. The molecule has 130 valence electrons. The topological polar surface area (TPSA) is 80.7 Å². The molecule has 0 atom stereocenters. The van der Waals surface area contributed by atoms with Crippen LogP contribution in [0, 0.1) is 17.8 Å². The van der Waals surface area contributed by atoms with Crippen LogP contribution in [0.4, 0.5) is 0 Å². The fourth-order valence-corrected chi connectivity index (χ4v) is 3.04. The average molecular weight is 324 g/mol. The van der Waals surface area contributed by atoms with Crippen molar-refractivity contribution in [2.24, 2.45) is 17.8 Å². The molecule has 0 aromatic rings. The van der Waals surface area contributed by atoms with Crippen LogP contribution in [0.5, 0.6) is 0 Å². The number of carboxylic acid groups (broad SMARTS) is 1. The molecule has 2 aliphatic carbocycles. The molecule has 23 heavy (non-hydrogen) atoms. The Labute approximate surface area is 138 Å². The predicted molar refractivity (Wildman–Crippen MR) is 86.9 cm³/mol.